The fraction of sp³-hybridized carbons (Fsp3) is 0.118. The largest absolute Gasteiger partial charge is 0.493 e. The van der Waals surface area contributed by atoms with Crippen LogP contribution in [-0.2, 0) is 10.0 Å². The number of aromatic hydroxyl groups is 1. The van der Waals surface area contributed by atoms with Gasteiger partial charge in [-0.05, 0) is 55.5 Å². The zero-order valence-electron chi connectivity index (χ0n) is 14.1. The predicted octanol–water partition coefficient (Wildman–Crippen LogP) is 2.89. The third-order valence-corrected chi connectivity index (χ3v) is 5.49. The molecule has 0 unspecified atom stereocenters. The Morgan fingerprint density at radius 1 is 1.04 bits per heavy atom. The fourth-order valence-electron chi connectivity index (χ4n) is 2.39. The lowest BCUT2D eigenvalue weighted by Crippen LogP contribution is -2.27. The molecule has 0 aliphatic heterocycles. The first-order valence-corrected chi connectivity index (χ1v) is 9.68. The molecule has 0 fully saturated rings. The monoisotopic (exact) mass is 409 g/mol. The van der Waals surface area contributed by atoms with Crippen LogP contribution in [0, 0.1) is 0 Å². The van der Waals surface area contributed by atoms with Gasteiger partial charge in [-0.2, -0.15) is 0 Å². The van der Waals surface area contributed by atoms with Crippen molar-refractivity contribution >= 4 is 21.6 Å². The molecule has 1 heterocycles. The molecular formula is C17H16ClN3O5S. The van der Waals surface area contributed by atoms with Crippen LogP contribution in [0.2, 0.25) is 5.02 Å². The fourth-order valence-corrected chi connectivity index (χ4v) is 3.73. The summed E-state index contributed by atoms with van der Waals surface area (Å²) in [6.07, 6.45) is 0. The molecule has 0 aliphatic rings. The van der Waals surface area contributed by atoms with Gasteiger partial charge in [0, 0.05) is 5.02 Å². The van der Waals surface area contributed by atoms with E-state index in [-0.39, 0.29) is 10.6 Å². The van der Waals surface area contributed by atoms with Crippen molar-refractivity contribution < 1.29 is 18.3 Å². The van der Waals surface area contributed by atoms with Crippen LogP contribution < -0.4 is 15.1 Å². The summed E-state index contributed by atoms with van der Waals surface area (Å²) in [6.45, 7) is 1.49. The second-order valence-corrected chi connectivity index (χ2v) is 7.86. The third kappa shape index (κ3) is 4.51. The standard InChI is InChI=1S/C17H16ClN3O5S/c1-10(15-16(22)20-17(23)19-15)21-27(24,25)14-8-6-13(7-9-14)26-12-4-2-11(18)3-5-12/h2-10,21-22H,1H3,(H2,19,20,23)/t10-/m1/s1. The summed E-state index contributed by atoms with van der Waals surface area (Å²) in [4.78, 5) is 15.7. The molecule has 0 saturated carbocycles. The molecule has 27 heavy (non-hydrogen) atoms. The van der Waals surface area contributed by atoms with Gasteiger partial charge in [-0.25, -0.2) is 17.9 Å². The summed E-state index contributed by atoms with van der Waals surface area (Å²) in [5, 5.41) is 10.2. The lowest BCUT2D eigenvalue weighted by molar-refractivity contribution is 0.441. The molecule has 3 rings (SSSR count). The Balaban J connectivity index is 1.74. The number of rotatable bonds is 6. The van der Waals surface area contributed by atoms with Gasteiger partial charge < -0.3 is 14.8 Å². The molecule has 0 spiro atoms. The van der Waals surface area contributed by atoms with E-state index in [0.29, 0.717) is 16.5 Å². The number of hydrogen-bond donors (Lipinski definition) is 4. The van der Waals surface area contributed by atoms with E-state index >= 15 is 0 Å². The molecule has 0 bridgehead atoms. The minimum absolute atomic E-state index is 0.00942. The summed E-state index contributed by atoms with van der Waals surface area (Å²) in [5.41, 5.74) is -0.580. The molecule has 0 saturated heterocycles. The quantitative estimate of drug-likeness (QED) is 0.498. The summed E-state index contributed by atoms with van der Waals surface area (Å²) in [7, 11) is -3.88. The molecule has 2 aromatic carbocycles. The highest BCUT2D eigenvalue weighted by Crippen LogP contribution is 2.25. The maximum atomic E-state index is 12.5. The van der Waals surface area contributed by atoms with Gasteiger partial charge in [-0.15, -0.1) is 0 Å². The minimum atomic E-state index is -3.88. The maximum Gasteiger partial charge on any atom is 0.326 e. The van der Waals surface area contributed by atoms with Gasteiger partial charge in [0.1, 0.15) is 11.5 Å². The summed E-state index contributed by atoms with van der Waals surface area (Å²) in [5.74, 6) is 0.604. The van der Waals surface area contributed by atoms with Crippen molar-refractivity contribution in [3.63, 3.8) is 0 Å². The number of nitrogens with one attached hydrogen (secondary N) is 3. The van der Waals surface area contributed by atoms with Crippen LogP contribution in [-0.4, -0.2) is 23.5 Å². The number of imidazole rings is 1. The number of sulfonamides is 1. The Hall–Kier alpha value is -2.75. The highest BCUT2D eigenvalue weighted by atomic mass is 35.5. The van der Waals surface area contributed by atoms with Gasteiger partial charge in [0.2, 0.25) is 15.9 Å². The first kappa shape index (κ1) is 19.0. The smallest absolute Gasteiger partial charge is 0.326 e. The van der Waals surface area contributed by atoms with Crippen molar-refractivity contribution in [3.05, 3.63) is 69.7 Å². The molecule has 0 amide bonds. The van der Waals surface area contributed by atoms with Crippen LogP contribution in [0.5, 0.6) is 17.4 Å². The van der Waals surface area contributed by atoms with Crippen LogP contribution in [0.1, 0.15) is 18.7 Å². The molecule has 0 radical (unpaired) electrons. The van der Waals surface area contributed by atoms with E-state index in [9.17, 15) is 18.3 Å². The molecule has 142 valence electrons. The third-order valence-electron chi connectivity index (χ3n) is 3.68. The van der Waals surface area contributed by atoms with Gasteiger partial charge in [-0.3, -0.25) is 4.98 Å². The first-order chi connectivity index (χ1) is 12.7. The summed E-state index contributed by atoms with van der Waals surface area (Å²) >= 11 is 5.82. The molecule has 1 aromatic heterocycles. The van der Waals surface area contributed by atoms with Crippen molar-refractivity contribution in [1.82, 2.24) is 14.7 Å². The Morgan fingerprint density at radius 2 is 1.59 bits per heavy atom. The SMILES string of the molecule is C[C@@H](NS(=O)(=O)c1ccc(Oc2ccc(Cl)cc2)cc1)c1[nH]c(=O)[nH]c1O. The highest BCUT2D eigenvalue weighted by molar-refractivity contribution is 7.89. The number of aromatic nitrogens is 2. The van der Waals surface area contributed by atoms with E-state index in [2.05, 4.69) is 14.7 Å². The van der Waals surface area contributed by atoms with Crippen LogP contribution in [0.15, 0.2) is 58.2 Å². The van der Waals surface area contributed by atoms with Crippen molar-refractivity contribution in [2.75, 3.05) is 0 Å². The van der Waals surface area contributed by atoms with Crippen LogP contribution in [0.25, 0.3) is 0 Å². The van der Waals surface area contributed by atoms with Crippen LogP contribution in [0.4, 0.5) is 0 Å². The Bertz CT molecular complexity index is 1090. The van der Waals surface area contributed by atoms with E-state index in [4.69, 9.17) is 16.3 Å². The average Bonchev–Trinajstić information content (AvgIpc) is 2.95. The van der Waals surface area contributed by atoms with E-state index < -0.39 is 27.6 Å². The van der Waals surface area contributed by atoms with E-state index in [1.807, 2.05) is 0 Å². The van der Waals surface area contributed by atoms with Gasteiger partial charge in [-0.1, -0.05) is 11.6 Å². The number of hydrogen-bond acceptors (Lipinski definition) is 5. The maximum absolute atomic E-state index is 12.5. The number of H-pyrrole nitrogens is 2. The Morgan fingerprint density at radius 3 is 2.11 bits per heavy atom. The number of benzene rings is 2. The van der Waals surface area contributed by atoms with Crippen molar-refractivity contribution in [2.45, 2.75) is 17.9 Å². The van der Waals surface area contributed by atoms with Crippen molar-refractivity contribution in [3.8, 4) is 17.4 Å². The molecule has 4 N–H and O–H groups in total. The Kier molecular flexibility index (Phi) is 5.26. The number of aromatic amines is 2. The first-order valence-electron chi connectivity index (χ1n) is 7.81. The van der Waals surface area contributed by atoms with Gasteiger partial charge >= 0.3 is 5.69 Å². The zero-order valence-corrected chi connectivity index (χ0v) is 15.6. The topological polar surface area (TPSA) is 124 Å². The molecule has 8 nitrogen and oxygen atoms in total. The lowest BCUT2D eigenvalue weighted by Gasteiger charge is -2.13. The highest BCUT2D eigenvalue weighted by Gasteiger charge is 2.22. The van der Waals surface area contributed by atoms with Gasteiger partial charge in [0.25, 0.3) is 0 Å². The normalized spacial score (nSPS) is 12.7. The Labute approximate surface area is 159 Å². The van der Waals surface area contributed by atoms with E-state index in [1.54, 1.807) is 24.3 Å². The minimum Gasteiger partial charge on any atom is -0.493 e. The predicted molar refractivity (Wildman–Crippen MR) is 99.8 cm³/mol. The van der Waals surface area contributed by atoms with Gasteiger partial charge in [0.15, 0.2) is 0 Å². The van der Waals surface area contributed by atoms with Crippen LogP contribution in [0.3, 0.4) is 0 Å². The summed E-state index contributed by atoms with van der Waals surface area (Å²) in [6, 6.07) is 11.7. The molecular weight excluding hydrogens is 394 g/mol. The second kappa shape index (κ2) is 7.47. The van der Waals surface area contributed by atoms with E-state index in [0.717, 1.165) is 0 Å². The summed E-state index contributed by atoms with van der Waals surface area (Å²) < 4.78 is 33.0. The van der Waals surface area contributed by atoms with Crippen molar-refractivity contribution in [1.29, 1.82) is 0 Å². The zero-order chi connectivity index (χ0) is 19.6. The second-order valence-electron chi connectivity index (χ2n) is 5.71. The molecule has 10 heteroatoms. The molecule has 0 aliphatic carbocycles. The average molecular weight is 410 g/mol. The number of halogens is 1. The molecule has 1 atom stereocenters. The van der Waals surface area contributed by atoms with Gasteiger partial charge in [0.05, 0.1) is 16.6 Å². The van der Waals surface area contributed by atoms with Crippen LogP contribution >= 0.6 is 11.6 Å². The van der Waals surface area contributed by atoms with E-state index in [1.165, 1.54) is 31.2 Å². The number of ether oxygens (including phenoxy) is 1. The van der Waals surface area contributed by atoms with Crippen molar-refractivity contribution in [2.24, 2.45) is 0 Å². The molecule has 3 aromatic rings. The lowest BCUT2D eigenvalue weighted by atomic mass is 10.3.